The second-order valence-electron chi connectivity index (χ2n) is 6.71. The Morgan fingerprint density at radius 3 is 2.14 bits per heavy atom. The molecule has 0 amide bonds. The number of hydrogen-bond donors (Lipinski definition) is 1. The average Bonchev–Trinajstić information content (AvgIpc) is 2.53. The monoisotopic (exact) mass is 304 g/mol. The highest BCUT2D eigenvalue weighted by atomic mass is 16.3. The van der Waals surface area contributed by atoms with Gasteiger partial charge in [0.25, 0.3) is 0 Å². The fourth-order valence-electron chi connectivity index (χ4n) is 3.62. The first-order valence-corrected chi connectivity index (χ1v) is 9.52. The fourth-order valence-corrected chi connectivity index (χ4v) is 3.62. The highest BCUT2D eigenvalue weighted by molar-refractivity contribution is 5.35. The molecule has 0 fully saturated rings. The van der Waals surface area contributed by atoms with Gasteiger partial charge in [0.15, 0.2) is 0 Å². The number of phenolic OH excluding ortho intramolecular Hbond substituents is 1. The third kappa shape index (κ3) is 6.42. The van der Waals surface area contributed by atoms with Crippen molar-refractivity contribution in [3.8, 4) is 5.75 Å². The molecule has 1 N–H and O–H groups in total. The van der Waals surface area contributed by atoms with Gasteiger partial charge in [0.1, 0.15) is 5.75 Å². The van der Waals surface area contributed by atoms with E-state index in [4.69, 9.17) is 0 Å². The lowest BCUT2D eigenvalue weighted by molar-refractivity contribution is 0.325. The summed E-state index contributed by atoms with van der Waals surface area (Å²) >= 11 is 0. The predicted molar refractivity (Wildman–Crippen MR) is 97.5 cm³/mol. The molecule has 0 aromatic heterocycles. The number of benzene rings is 1. The lowest BCUT2D eigenvalue weighted by atomic mass is 9.77. The summed E-state index contributed by atoms with van der Waals surface area (Å²) in [5, 5.41) is 10.3. The molecule has 0 bridgehead atoms. The van der Waals surface area contributed by atoms with E-state index < -0.39 is 0 Å². The third-order valence-electron chi connectivity index (χ3n) is 4.86. The minimum atomic E-state index is 0.501. The molecular formula is C21H36O. The van der Waals surface area contributed by atoms with Gasteiger partial charge in [-0.3, -0.25) is 0 Å². The van der Waals surface area contributed by atoms with Crippen LogP contribution in [0.3, 0.4) is 0 Å². The highest BCUT2D eigenvalue weighted by Crippen LogP contribution is 2.39. The zero-order valence-electron chi connectivity index (χ0n) is 15.0. The first-order chi connectivity index (χ1) is 10.7. The second kappa shape index (κ2) is 11.6. The Morgan fingerprint density at radius 2 is 1.50 bits per heavy atom. The van der Waals surface area contributed by atoms with Crippen LogP contribution in [0, 0.1) is 5.92 Å². The van der Waals surface area contributed by atoms with Crippen molar-refractivity contribution in [3.63, 3.8) is 0 Å². The van der Waals surface area contributed by atoms with Gasteiger partial charge in [-0.2, -0.15) is 0 Å². The number of unbranched alkanes of at least 4 members (excludes halogenated alkanes) is 4. The molecule has 0 aliphatic rings. The quantitative estimate of drug-likeness (QED) is 0.410. The molecule has 2 atom stereocenters. The van der Waals surface area contributed by atoms with Gasteiger partial charge in [0.05, 0.1) is 0 Å². The number of para-hydroxylation sites is 1. The Bertz CT molecular complexity index is 385. The molecule has 126 valence electrons. The Balaban J connectivity index is 2.84. The predicted octanol–water partition coefficient (Wildman–Crippen LogP) is 7.05. The van der Waals surface area contributed by atoms with Crippen LogP contribution < -0.4 is 0 Å². The van der Waals surface area contributed by atoms with E-state index in [9.17, 15) is 5.11 Å². The van der Waals surface area contributed by atoms with E-state index in [1.165, 1.54) is 69.8 Å². The lowest BCUT2D eigenvalue weighted by Crippen LogP contribution is -2.14. The van der Waals surface area contributed by atoms with E-state index in [2.05, 4.69) is 32.9 Å². The van der Waals surface area contributed by atoms with Crippen molar-refractivity contribution < 1.29 is 5.11 Å². The van der Waals surface area contributed by atoms with E-state index in [0.717, 1.165) is 5.92 Å². The van der Waals surface area contributed by atoms with Crippen molar-refractivity contribution in [2.45, 2.75) is 90.9 Å². The maximum Gasteiger partial charge on any atom is 0.119 e. The summed E-state index contributed by atoms with van der Waals surface area (Å²) < 4.78 is 0. The third-order valence-corrected chi connectivity index (χ3v) is 4.86. The van der Waals surface area contributed by atoms with Crippen LogP contribution in [0.25, 0.3) is 0 Å². The van der Waals surface area contributed by atoms with Crippen molar-refractivity contribution in [2.24, 2.45) is 5.92 Å². The van der Waals surface area contributed by atoms with Gasteiger partial charge in [0, 0.05) is 0 Å². The topological polar surface area (TPSA) is 20.2 Å². The van der Waals surface area contributed by atoms with Crippen LogP contribution in [0.5, 0.6) is 5.75 Å². The standard InChI is InChI=1S/C21H36O/c1-4-7-9-10-15-19(18(13-6-3)14-8-5-2)20-16-11-12-17-21(20)22/h11-12,16-19,22H,4-10,13-15H2,1-3H3. The van der Waals surface area contributed by atoms with Crippen LogP contribution in [0.1, 0.15) is 96.5 Å². The Morgan fingerprint density at radius 1 is 0.773 bits per heavy atom. The molecule has 1 aromatic rings. The van der Waals surface area contributed by atoms with Crippen LogP contribution in [-0.2, 0) is 0 Å². The molecule has 1 rings (SSSR count). The van der Waals surface area contributed by atoms with Gasteiger partial charge < -0.3 is 5.11 Å². The van der Waals surface area contributed by atoms with Gasteiger partial charge in [-0.15, -0.1) is 0 Å². The fraction of sp³-hybridized carbons (Fsp3) is 0.714. The number of hydrogen-bond acceptors (Lipinski definition) is 1. The minimum absolute atomic E-state index is 0.501. The van der Waals surface area contributed by atoms with Crippen molar-refractivity contribution in [3.05, 3.63) is 29.8 Å². The molecule has 0 saturated carbocycles. The number of aromatic hydroxyl groups is 1. The van der Waals surface area contributed by atoms with E-state index in [1.54, 1.807) is 0 Å². The van der Waals surface area contributed by atoms with Crippen molar-refractivity contribution in [1.82, 2.24) is 0 Å². The van der Waals surface area contributed by atoms with Gasteiger partial charge in [-0.05, 0) is 36.3 Å². The summed E-state index contributed by atoms with van der Waals surface area (Å²) in [4.78, 5) is 0. The smallest absolute Gasteiger partial charge is 0.119 e. The van der Waals surface area contributed by atoms with Gasteiger partial charge in [-0.25, -0.2) is 0 Å². The van der Waals surface area contributed by atoms with E-state index in [0.29, 0.717) is 11.7 Å². The maximum absolute atomic E-state index is 10.3. The molecule has 0 saturated heterocycles. The molecule has 0 radical (unpaired) electrons. The Kier molecular flexibility index (Phi) is 10.0. The van der Waals surface area contributed by atoms with Crippen LogP contribution in [0.15, 0.2) is 24.3 Å². The SMILES string of the molecule is CCCCCCC(c1ccccc1O)C(CCC)CCCC. The molecule has 2 unspecified atom stereocenters. The molecule has 1 nitrogen and oxygen atoms in total. The van der Waals surface area contributed by atoms with Gasteiger partial charge >= 0.3 is 0 Å². The molecule has 0 aliphatic carbocycles. The molecule has 0 aliphatic heterocycles. The zero-order valence-corrected chi connectivity index (χ0v) is 15.0. The number of phenols is 1. The molecule has 1 aromatic carbocycles. The number of rotatable bonds is 12. The first-order valence-electron chi connectivity index (χ1n) is 9.52. The maximum atomic E-state index is 10.3. The van der Waals surface area contributed by atoms with Crippen LogP contribution in [-0.4, -0.2) is 5.11 Å². The molecule has 0 heterocycles. The molecule has 1 heteroatoms. The van der Waals surface area contributed by atoms with Gasteiger partial charge in [-0.1, -0.05) is 90.3 Å². The van der Waals surface area contributed by atoms with E-state index >= 15 is 0 Å². The van der Waals surface area contributed by atoms with E-state index in [-0.39, 0.29) is 0 Å². The summed E-state index contributed by atoms with van der Waals surface area (Å²) in [6, 6.07) is 8.02. The average molecular weight is 305 g/mol. The second-order valence-corrected chi connectivity index (χ2v) is 6.71. The molecule has 0 spiro atoms. The first kappa shape index (κ1) is 19.1. The van der Waals surface area contributed by atoms with Crippen LogP contribution in [0.2, 0.25) is 0 Å². The van der Waals surface area contributed by atoms with E-state index in [1.807, 2.05) is 12.1 Å². The summed E-state index contributed by atoms with van der Waals surface area (Å²) in [7, 11) is 0. The van der Waals surface area contributed by atoms with Crippen molar-refractivity contribution in [1.29, 1.82) is 0 Å². The van der Waals surface area contributed by atoms with Crippen molar-refractivity contribution in [2.75, 3.05) is 0 Å². The molecule has 22 heavy (non-hydrogen) atoms. The summed E-state index contributed by atoms with van der Waals surface area (Å²) in [5.74, 6) is 1.75. The lowest BCUT2D eigenvalue weighted by Gasteiger charge is -2.28. The Hall–Kier alpha value is -0.980. The summed E-state index contributed by atoms with van der Waals surface area (Å²) in [6.45, 7) is 6.83. The van der Waals surface area contributed by atoms with Crippen LogP contribution in [0.4, 0.5) is 0 Å². The largest absolute Gasteiger partial charge is 0.508 e. The summed E-state index contributed by atoms with van der Waals surface area (Å²) in [5.41, 5.74) is 1.19. The Labute approximate surface area is 138 Å². The molecular weight excluding hydrogens is 268 g/mol. The minimum Gasteiger partial charge on any atom is -0.508 e. The van der Waals surface area contributed by atoms with Crippen LogP contribution >= 0.6 is 0 Å². The normalized spacial score (nSPS) is 14.0. The summed E-state index contributed by atoms with van der Waals surface area (Å²) in [6.07, 6.45) is 12.9. The highest BCUT2D eigenvalue weighted by Gasteiger charge is 2.24. The zero-order chi connectivity index (χ0) is 16.2. The van der Waals surface area contributed by atoms with Gasteiger partial charge in [0.2, 0.25) is 0 Å². The van der Waals surface area contributed by atoms with Crippen molar-refractivity contribution >= 4 is 0 Å².